The first-order chi connectivity index (χ1) is 7.66. The van der Waals surface area contributed by atoms with E-state index in [0.717, 1.165) is 30.8 Å². The fourth-order valence-corrected chi connectivity index (χ4v) is 3.41. The average molecular weight is 225 g/mol. The van der Waals surface area contributed by atoms with Crippen LogP contribution in [-0.4, -0.2) is 35.2 Å². The van der Waals surface area contributed by atoms with Gasteiger partial charge in [0, 0.05) is 12.1 Å². The first kappa shape index (κ1) is 12.4. The molecule has 0 aromatic carbocycles. The number of hydrogen-bond acceptors (Lipinski definition) is 2. The van der Waals surface area contributed by atoms with Crippen LogP contribution in [0.15, 0.2) is 0 Å². The Kier molecular flexibility index (Phi) is 4.26. The lowest BCUT2D eigenvalue weighted by Crippen LogP contribution is -2.44. The van der Waals surface area contributed by atoms with E-state index in [1.54, 1.807) is 0 Å². The van der Waals surface area contributed by atoms with Gasteiger partial charge in [0.2, 0.25) is 0 Å². The van der Waals surface area contributed by atoms with Gasteiger partial charge < -0.3 is 10.0 Å². The van der Waals surface area contributed by atoms with Gasteiger partial charge in [-0.3, -0.25) is 0 Å². The summed E-state index contributed by atoms with van der Waals surface area (Å²) >= 11 is 0. The van der Waals surface area contributed by atoms with Crippen LogP contribution in [0.5, 0.6) is 0 Å². The van der Waals surface area contributed by atoms with E-state index in [0.29, 0.717) is 0 Å². The van der Waals surface area contributed by atoms with Gasteiger partial charge in [0.15, 0.2) is 0 Å². The van der Waals surface area contributed by atoms with Crippen molar-refractivity contribution in [2.45, 2.75) is 76.5 Å². The van der Waals surface area contributed by atoms with Crippen molar-refractivity contribution in [2.24, 2.45) is 5.92 Å². The Morgan fingerprint density at radius 2 is 1.25 bits per heavy atom. The standard InChI is InChI=1S/C14H27NO/c1-11-3-5-12(6-4-11)15(2)13-7-9-14(16)10-8-13/h11-14,16H,3-10H2,1-2H3. The predicted octanol–water partition coefficient (Wildman–Crippen LogP) is 2.80. The lowest BCUT2D eigenvalue weighted by molar-refractivity contribution is 0.0534. The normalized spacial score (nSPS) is 41.2. The van der Waals surface area contributed by atoms with Crippen LogP contribution in [0.2, 0.25) is 0 Å². The molecule has 2 aliphatic carbocycles. The van der Waals surface area contributed by atoms with Gasteiger partial charge in [-0.15, -0.1) is 0 Å². The second kappa shape index (κ2) is 5.50. The van der Waals surface area contributed by atoms with E-state index in [-0.39, 0.29) is 6.10 Å². The minimum absolute atomic E-state index is 0.0176. The summed E-state index contributed by atoms with van der Waals surface area (Å²) < 4.78 is 0. The van der Waals surface area contributed by atoms with Gasteiger partial charge in [-0.25, -0.2) is 0 Å². The topological polar surface area (TPSA) is 23.5 Å². The zero-order valence-electron chi connectivity index (χ0n) is 10.9. The Morgan fingerprint density at radius 1 is 0.812 bits per heavy atom. The molecule has 0 saturated heterocycles. The highest BCUT2D eigenvalue weighted by atomic mass is 16.3. The monoisotopic (exact) mass is 225 g/mol. The second-order valence-electron chi connectivity index (χ2n) is 6.04. The number of aliphatic hydroxyl groups excluding tert-OH is 1. The quantitative estimate of drug-likeness (QED) is 0.781. The molecule has 16 heavy (non-hydrogen) atoms. The second-order valence-corrected chi connectivity index (χ2v) is 6.04. The molecule has 0 amide bonds. The van der Waals surface area contributed by atoms with Crippen LogP contribution in [0.3, 0.4) is 0 Å². The van der Waals surface area contributed by atoms with Crippen molar-refractivity contribution in [3.63, 3.8) is 0 Å². The van der Waals surface area contributed by atoms with E-state index in [2.05, 4.69) is 18.9 Å². The van der Waals surface area contributed by atoms with Crippen LogP contribution in [0, 0.1) is 5.92 Å². The molecule has 0 aromatic heterocycles. The van der Waals surface area contributed by atoms with Crippen LogP contribution in [0.1, 0.15) is 58.3 Å². The molecule has 2 nitrogen and oxygen atoms in total. The molecule has 2 fully saturated rings. The molecule has 0 aliphatic heterocycles. The fourth-order valence-electron chi connectivity index (χ4n) is 3.41. The Bertz CT molecular complexity index is 181. The maximum atomic E-state index is 9.54. The minimum atomic E-state index is -0.0176. The Morgan fingerprint density at radius 3 is 1.75 bits per heavy atom. The highest BCUT2D eigenvalue weighted by Crippen LogP contribution is 2.31. The molecule has 0 spiro atoms. The molecular weight excluding hydrogens is 198 g/mol. The maximum absolute atomic E-state index is 9.54. The molecular formula is C14H27NO. The van der Waals surface area contributed by atoms with E-state index < -0.39 is 0 Å². The summed E-state index contributed by atoms with van der Waals surface area (Å²) in [6, 6.07) is 1.55. The molecule has 94 valence electrons. The molecule has 0 unspecified atom stereocenters. The third-order valence-corrected chi connectivity index (χ3v) is 4.80. The zero-order valence-corrected chi connectivity index (χ0v) is 10.9. The summed E-state index contributed by atoms with van der Waals surface area (Å²) in [6.07, 6.45) is 9.99. The predicted molar refractivity (Wildman–Crippen MR) is 67.4 cm³/mol. The SMILES string of the molecule is CC1CCC(N(C)C2CCC(O)CC2)CC1. The highest BCUT2D eigenvalue weighted by molar-refractivity contribution is 4.84. The number of aliphatic hydroxyl groups is 1. The Balaban J connectivity index is 1.80. The summed E-state index contributed by atoms with van der Waals surface area (Å²) in [5, 5.41) is 9.54. The van der Waals surface area contributed by atoms with Crippen LogP contribution in [0.4, 0.5) is 0 Å². The van der Waals surface area contributed by atoms with Gasteiger partial charge in [-0.1, -0.05) is 6.92 Å². The molecule has 0 atom stereocenters. The number of hydrogen-bond donors (Lipinski definition) is 1. The van der Waals surface area contributed by atoms with Gasteiger partial charge in [-0.05, 0) is 64.3 Å². The molecule has 2 aliphatic rings. The molecule has 0 aromatic rings. The smallest absolute Gasteiger partial charge is 0.0541 e. The zero-order chi connectivity index (χ0) is 11.5. The average Bonchev–Trinajstić information content (AvgIpc) is 2.30. The van der Waals surface area contributed by atoms with E-state index in [1.165, 1.54) is 38.5 Å². The number of nitrogens with zero attached hydrogens (tertiary/aromatic N) is 1. The number of rotatable bonds is 2. The molecule has 2 saturated carbocycles. The van der Waals surface area contributed by atoms with Gasteiger partial charge in [0.05, 0.1) is 6.10 Å². The summed E-state index contributed by atoms with van der Waals surface area (Å²) in [4.78, 5) is 2.62. The minimum Gasteiger partial charge on any atom is -0.393 e. The van der Waals surface area contributed by atoms with Gasteiger partial charge >= 0.3 is 0 Å². The van der Waals surface area contributed by atoms with E-state index >= 15 is 0 Å². The summed E-state index contributed by atoms with van der Waals surface area (Å²) in [5.41, 5.74) is 0. The summed E-state index contributed by atoms with van der Waals surface area (Å²) in [5.74, 6) is 0.942. The third-order valence-electron chi connectivity index (χ3n) is 4.80. The fraction of sp³-hybridized carbons (Fsp3) is 1.00. The van der Waals surface area contributed by atoms with Crippen molar-refractivity contribution in [3.8, 4) is 0 Å². The Hall–Kier alpha value is -0.0800. The van der Waals surface area contributed by atoms with E-state index in [9.17, 15) is 5.11 Å². The molecule has 2 heteroatoms. The largest absolute Gasteiger partial charge is 0.393 e. The van der Waals surface area contributed by atoms with Crippen LogP contribution in [-0.2, 0) is 0 Å². The van der Waals surface area contributed by atoms with Crippen molar-refractivity contribution in [1.82, 2.24) is 4.90 Å². The van der Waals surface area contributed by atoms with Crippen LogP contribution >= 0.6 is 0 Å². The van der Waals surface area contributed by atoms with Crippen molar-refractivity contribution in [1.29, 1.82) is 0 Å². The first-order valence-electron chi connectivity index (χ1n) is 7.07. The Labute approximate surface area is 100 Å². The van der Waals surface area contributed by atoms with Crippen molar-refractivity contribution in [3.05, 3.63) is 0 Å². The highest BCUT2D eigenvalue weighted by Gasteiger charge is 2.29. The van der Waals surface area contributed by atoms with Crippen LogP contribution in [0.25, 0.3) is 0 Å². The van der Waals surface area contributed by atoms with Crippen molar-refractivity contribution >= 4 is 0 Å². The van der Waals surface area contributed by atoms with E-state index in [1.807, 2.05) is 0 Å². The molecule has 2 rings (SSSR count). The molecule has 0 heterocycles. The van der Waals surface area contributed by atoms with Gasteiger partial charge in [-0.2, -0.15) is 0 Å². The summed E-state index contributed by atoms with van der Waals surface area (Å²) in [7, 11) is 2.31. The lowest BCUT2D eigenvalue weighted by Gasteiger charge is -2.40. The first-order valence-corrected chi connectivity index (χ1v) is 7.07. The van der Waals surface area contributed by atoms with Crippen molar-refractivity contribution < 1.29 is 5.11 Å². The van der Waals surface area contributed by atoms with E-state index in [4.69, 9.17) is 0 Å². The summed E-state index contributed by atoms with van der Waals surface area (Å²) in [6.45, 7) is 2.38. The third kappa shape index (κ3) is 2.98. The molecule has 0 bridgehead atoms. The van der Waals surface area contributed by atoms with Gasteiger partial charge in [0.25, 0.3) is 0 Å². The molecule has 1 N–H and O–H groups in total. The van der Waals surface area contributed by atoms with Crippen molar-refractivity contribution in [2.75, 3.05) is 7.05 Å². The van der Waals surface area contributed by atoms with Crippen LogP contribution < -0.4 is 0 Å². The lowest BCUT2D eigenvalue weighted by atomic mass is 9.84. The molecule has 0 radical (unpaired) electrons. The maximum Gasteiger partial charge on any atom is 0.0541 e. The van der Waals surface area contributed by atoms with Gasteiger partial charge in [0.1, 0.15) is 0 Å².